The summed E-state index contributed by atoms with van der Waals surface area (Å²) in [5.74, 6) is 1.56. The molecule has 1 unspecified atom stereocenters. The quantitative estimate of drug-likeness (QED) is 0.415. The number of hydrogen-bond acceptors (Lipinski definition) is 4. The Morgan fingerprint density at radius 3 is 1.81 bits per heavy atom. The zero-order valence-corrected chi connectivity index (χ0v) is 26.3. The third kappa shape index (κ3) is 12.1. The van der Waals surface area contributed by atoms with E-state index in [1.54, 1.807) is 0 Å². The summed E-state index contributed by atoms with van der Waals surface area (Å²) in [4.78, 5) is 4.97. The number of nitrogens with zero attached hydrogens (tertiary/aromatic N) is 2. The van der Waals surface area contributed by atoms with Crippen molar-refractivity contribution in [1.82, 2.24) is 9.80 Å². The molecule has 216 valence electrons. The average Bonchev–Trinajstić information content (AvgIpc) is 3.72. The fourth-order valence-corrected chi connectivity index (χ4v) is 5.46. The number of ether oxygens (including phenoxy) is 1. The van der Waals surface area contributed by atoms with Crippen LogP contribution < -0.4 is 0 Å². The van der Waals surface area contributed by atoms with Gasteiger partial charge in [-0.25, -0.2) is 0 Å². The van der Waals surface area contributed by atoms with E-state index in [2.05, 4.69) is 65.2 Å². The maximum absolute atomic E-state index is 9.76. The van der Waals surface area contributed by atoms with Crippen LogP contribution in [0.5, 0.6) is 0 Å². The molecule has 5 fully saturated rings. The second-order valence-electron chi connectivity index (χ2n) is 13.7. The first-order valence-corrected chi connectivity index (χ1v) is 15.7. The van der Waals surface area contributed by atoms with Crippen molar-refractivity contribution < 1.29 is 9.84 Å². The molecule has 3 saturated heterocycles. The molecule has 0 radical (unpaired) electrons. The Balaban J connectivity index is 0.000000253. The molecule has 2 spiro atoms. The van der Waals surface area contributed by atoms with Gasteiger partial charge in [-0.05, 0) is 68.7 Å². The number of aliphatic hydroxyl groups is 1. The number of rotatable bonds is 5. The van der Waals surface area contributed by atoms with Gasteiger partial charge in [-0.3, -0.25) is 4.90 Å². The Kier molecular flexibility index (Phi) is 15.1. The fraction of sp³-hybridized carbons (Fsp3) is 1.00. The molecule has 0 bridgehead atoms. The predicted molar refractivity (Wildman–Crippen MR) is 158 cm³/mol. The third-order valence-electron chi connectivity index (χ3n) is 8.21. The Labute approximate surface area is 226 Å². The predicted octanol–water partition coefficient (Wildman–Crippen LogP) is 7.49. The van der Waals surface area contributed by atoms with Crippen molar-refractivity contribution in [2.75, 3.05) is 52.5 Å². The van der Waals surface area contributed by atoms with Crippen LogP contribution in [0, 0.1) is 28.1 Å². The molecule has 0 aromatic rings. The number of β-amino-alcohol motifs (C(OH)–C–C–N with tert-alkyl or cyclic N) is 1. The molecule has 4 heteroatoms. The average molecular weight is 511 g/mol. The van der Waals surface area contributed by atoms with Gasteiger partial charge in [-0.1, -0.05) is 75.7 Å². The van der Waals surface area contributed by atoms with Crippen LogP contribution in [0.4, 0.5) is 0 Å². The van der Waals surface area contributed by atoms with Crippen molar-refractivity contribution in [2.45, 2.75) is 127 Å². The minimum absolute atomic E-state index is 0.0313. The van der Waals surface area contributed by atoms with Crippen LogP contribution in [0.15, 0.2) is 0 Å². The lowest BCUT2D eigenvalue weighted by Gasteiger charge is -2.52. The monoisotopic (exact) mass is 511 g/mol. The summed E-state index contributed by atoms with van der Waals surface area (Å²) in [6, 6.07) is 0. The molecule has 1 atom stereocenters. The maximum Gasteiger partial charge on any atom is 0.0735 e. The van der Waals surface area contributed by atoms with Gasteiger partial charge in [-0.15, -0.1) is 0 Å². The lowest BCUT2D eigenvalue weighted by Crippen LogP contribution is -2.59. The summed E-state index contributed by atoms with van der Waals surface area (Å²) in [6.45, 7) is 31.0. The Bertz CT molecular complexity index is 552. The topological polar surface area (TPSA) is 35.9 Å². The highest BCUT2D eigenvalue weighted by Crippen LogP contribution is 2.52. The summed E-state index contributed by atoms with van der Waals surface area (Å²) in [6.07, 6.45) is 10.8. The van der Waals surface area contributed by atoms with Crippen LogP contribution in [-0.2, 0) is 4.74 Å². The molecule has 5 rings (SSSR count). The van der Waals surface area contributed by atoms with Gasteiger partial charge in [0.2, 0.25) is 0 Å². The van der Waals surface area contributed by atoms with E-state index < -0.39 is 0 Å². The lowest BCUT2D eigenvalue weighted by atomic mass is 9.75. The first kappa shape index (κ1) is 33.9. The molecule has 0 amide bonds. The fourth-order valence-electron chi connectivity index (χ4n) is 5.46. The highest BCUT2D eigenvalue weighted by molar-refractivity contribution is 5.06. The van der Waals surface area contributed by atoms with E-state index in [9.17, 15) is 5.11 Å². The number of aliphatic hydroxyl groups excluding tert-OH is 1. The third-order valence-corrected chi connectivity index (χ3v) is 8.21. The molecule has 1 N–H and O–H groups in total. The van der Waals surface area contributed by atoms with E-state index in [1.165, 1.54) is 71.0 Å². The van der Waals surface area contributed by atoms with Gasteiger partial charge in [0, 0.05) is 50.2 Å². The minimum Gasteiger partial charge on any atom is -0.391 e. The van der Waals surface area contributed by atoms with Gasteiger partial charge >= 0.3 is 0 Å². The van der Waals surface area contributed by atoms with Crippen molar-refractivity contribution >= 4 is 0 Å². The van der Waals surface area contributed by atoms with Gasteiger partial charge in [0.25, 0.3) is 0 Å². The van der Waals surface area contributed by atoms with E-state index >= 15 is 0 Å². The molecule has 2 aliphatic carbocycles. The molecule has 5 aliphatic rings. The van der Waals surface area contributed by atoms with Crippen molar-refractivity contribution in [3.63, 3.8) is 0 Å². The zero-order chi connectivity index (χ0) is 27.4. The normalized spacial score (nSPS) is 26.4. The number of likely N-dealkylation sites (tertiary alicyclic amines) is 2. The Morgan fingerprint density at radius 2 is 1.47 bits per heavy atom. The van der Waals surface area contributed by atoms with Crippen LogP contribution in [-0.4, -0.2) is 73.5 Å². The van der Waals surface area contributed by atoms with Crippen LogP contribution in [0.1, 0.15) is 121 Å². The minimum atomic E-state index is -0.0313. The molecule has 3 heterocycles. The summed E-state index contributed by atoms with van der Waals surface area (Å²) < 4.78 is 5.53. The molecule has 4 nitrogen and oxygen atoms in total. The van der Waals surface area contributed by atoms with E-state index in [-0.39, 0.29) is 6.10 Å². The Morgan fingerprint density at radius 1 is 0.889 bits per heavy atom. The Hall–Kier alpha value is -0.160. The van der Waals surface area contributed by atoms with E-state index in [4.69, 9.17) is 4.74 Å². The molecular formula is C32H66N2O2. The SMILES string of the molecule is CC.CC(C)C.CC(C)CN1CC(O)C2(CC2)C1.CCC1(C)CC1.CCCN1CC2(CCCOC2)C1. The summed E-state index contributed by atoms with van der Waals surface area (Å²) in [5, 5.41) is 9.76. The first-order chi connectivity index (χ1) is 17.0. The molecule has 0 aromatic heterocycles. The van der Waals surface area contributed by atoms with Crippen molar-refractivity contribution in [3.8, 4) is 0 Å². The molecule has 2 saturated carbocycles. The number of hydrogen-bond donors (Lipinski definition) is 1. The highest BCUT2D eigenvalue weighted by Gasteiger charge is 2.54. The molecule has 36 heavy (non-hydrogen) atoms. The van der Waals surface area contributed by atoms with E-state index in [1.807, 2.05) is 13.8 Å². The molecule has 0 aromatic carbocycles. The highest BCUT2D eigenvalue weighted by atomic mass is 16.5. The largest absolute Gasteiger partial charge is 0.391 e. The first-order valence-electron chi connectivity index (χ1n) is 15.7. The summed E-state index contributed by atoms with van der Waals surface area (Å²) >= 11 is 0. The second kappa shape index (κ2) is 16.1. The molecule has 3 aliphatic heterocycles. The lowest BCUT2D eigenvalue weighted by molar-refractivity contribution is -0.100. The van der Waals surface area contributed by atoms with Crippen LogP contribution in [0.3, 0.4) is 0 Å². The smallest absolute Gasteiger partial charge is 0.0735 e. The second-order valence-corrected chi connectivity index (χ2v) is 13.7. The van der Waals surface area contributed by atoms with Gasteiger partial charge < -0.3 is 14.7 Å². The summed E-state index contributed by atoms with van der Waals surface area (Å²) in [5.41, 5.74) is 1.71. The molecular weight excluding hydrogens is 444 g/mol. The van der Waals surface area contributed by atoms with Crippen molar-refractivity contribution in [2.24, 2.45) is 28.1 Å². The van der Waals surface area contributed by atoms with Crippen molar-refractivity contribution in [1.29, 1.82) is 0 Å². The van der Waals surface area contributed by atoms with Crippen LogP contribution in [0.25, 0.3) is 0 Å². The van der Waals surface area contributed by atoms with Crippen LogP contribution in [0.2, 0.25) is 0 Å². The van der Waals surface area contributed by atoms with Gasteiger partial charge in [0.1, 0.15) is 0 Å². The van der Waals surface area contributed by atoms with E-state index in [0.29, 0.717) is 10.8 Å². The van der Waals surface area contributed by atoms with E-state index in [0.717, 1.165) is 50.1 Å². The zero-order valence-electron chi connectivity index (χ0n) is 26.3. The summed E-state index contributed by atoms with van der Waals surface area (Å²) in [7, 11) is 0. The van der Waals surface area contributed by atoms with Gasteiger partial charge in [0.05, 0.1) is 12.7 Å². The standard InChI is InChI=1S/2C10H19NO.C6H12.C4H10.C2H6/c1-8(2)5-11-6-9(12)10(7-11)3-4-10;1-2-5-11-7-10(8-11)4-3-6-12-9-10;1-3-6(2)4-5-6;1-4(2)3;1-2/h8-9,12H,3-7H2,1-2H3;2-9H2,1H3;3-5H2,1-2H3;4H,1-3H3;1-2H3. The van der Waals surface area contributed by atoms with Gasteiger partial charge in [-0.2, -0.15) is 0 Å². The van der Waals surface area contributed by atoms with Gasteiger partial charge in [0.15, 0.2) is 0 Å². The van der Waals surface area contributed by atoms with Crippen LogP contribution >= 0.6 is 0 Å². The maximum atomic E-state index is 9.76. The van der Waals surface area contributed by atoms with Crippen molar-refractivity contribution in [3.05, 3.63) is 0 Å².